The predicted octanol–water partition coefficient (Wildman–Crippen LogP) is 2.19. The van der Waals surface area contributed by atoms with E-state index in [4.69, 9.17) is 5.11 Å². The minimum Gasteiger partial charge on any atom is -0.478 e. The van der Waals surface area contributed by atoms with E-state index in [0.29, 0.717) is 17.6 Å². The van der Waals surface area contributed by atoms with E-state index in [9.17, 15) is 9.59 Å². The van der Waals surface area contributed by atoms with Crippen LogP contribution in [0.5, 0.6) is 0 Å². The Balaban J connectivity index is 1.67. The Morgan fingerprint density at radius 3 is 2.65 bits per heavy atom. The van der Waals surface area contributed by atoms with Gasteiger partial charge in [0.05, 0.1) is 17.4 Å². The lowest BCUT2D eigenvalue weighted by Crippen LogP contribution is -2.38. The molecule has 2 aliphatic carbocycles. The van der Waals surface area contributed by atoms with Gasteiger partial charge in [-0.2, -0.15) is 0 Å². The maximum absolute atomic E-state index is 12.3. The summed E-state index contributed by atoms with van der Waals surface area (Å²) in [6.07, 6.45) is 7.26. The summed E-state index contributed by atoms with van der Waals surface area (Å²) in [5.41, 5.74) is 0.499. The number of nitrogens with one attached hydrogen (secondary N) is 1. The third kappa shape index (κ3) is 3.07. The van der Waals surface area contributed by atoms with Crippen molar-refractivity contribution in [3.8, 4) is 0 Å². The molecule has 1 aromatic rings. The lowest BCUT2D eigenvalue weighted by Gasteiger charge is -2.22. The first-order valence-electron chi connectivity index (χ1n) is 6.89. The first kappa shape index (κ1) is 12.9. The van der Waals surface area contributed by atoms with Crippen LogP contribution in [0.3, 0.4) is 0 Å². The first-order chi connectivity index (χ1) is 9.63. The number of anilines is 1. The highest BCUT2D eigenvalue weighted by molar-refractivity contribution is 5.92. The minimum atomic E-state index is -1.05. The predicted molar refractivity (Wildman–Crippen MR) is 72.7 cm³/mol. The monoisotopic (exact) mass is 275 g/mol. The molecule has 20 heavy (non-hydrogen) atoms. The van der Waals surface area contributed by atoms with Gasteiger partial charge in [-0.05, 0) is 37.7 Å². The maximum Gasteiger partial charge on any atom is 0.337 e. The zero-order valence-electron chi connectivity index (χ0n) is 11.1. The number of carboxylic acids is 1. The lowest BCUT2D eigenvalue weighted by atomic mass is 10.2. The molecule has 2 fully saturated rings. The smallest absolute Gasteiger partial charge is 0.337 e. The van der Waals surface area contributed by atoms with Crippen LogP contribution >= 0.6 is 0 Å². The van der Waals surface area contributed by atoms with Crippen molar-refractivity contribution in [1.29, 1.82) is 0 Å². The number of aromatic carboxylic acids is 1. The molecule has 0 bridgehead atoms. The number of rotatable bonds is 5. The quantitative estimate of drug-likeness (QED) is 0.862. The van der Waals surface area contributed by atoms with Crippen molar-refractivity contribution in [3.63, 3.8) is 0 Å². The molecular formula is C14H17N3O3. The van der Waals surface area contributed by atoms with E-state index in [2.05, 4.69) is 10.3 Å². The van der Waals surface area contributed by atoms with E-state index in [0.717, 1.165) is 19.4 Å². The lowest BCUT2D eigenvalue weighted by molar-refractivity contribution is 0.0696. The van der Waals surface area contributed by atoms with Gasteiger partial charge in [-0.15, -0.1) is 0 Å². The van der Waals surface area contributed by atoms with Gasteiger partial charge in [0, 0.05) is 18.8 Å². The van der Waals surface area contributed by atoms with Gasteiger partial charge in [-0.25, -0.2) is 9.59 Å². The van der Waals surface area contributed by atoms with Crippen molar-refractivity contribution < 1.29 is 14.7 Å². The molecule has 0 unspecified atom stereocenters. The summed E-state index contributed by atoms with van der Waals surface area (Å²) in [5.74, 6) is -0.407. The number of amides is 2. The summed E-state index contributed by atoms with van der Waals surface area (Å²) in [7, 11) is 0. The van der Waals surface area contributed by atoms with Gasteiger partial charge in [0.15, 0.2) is 0 Å². The van der Waals surface area contributed by atoms with Gasteiger partial charge in [0.1, 0.15) is 0 Å². The third-order valence-electron chi connectivity index (χ3n) is 3.64. The number of carboxylic acid groups (broad SMARTS) is 1. The highest BCUT2D eigenvalue weighted by Crippen LogP contribution is 2.35. The summed E-state index contributed by atoms with van der Waals surface area (Å²) < 4.78 is 0. The summed E-state index contributed by atoms with van der Waals surface area (Å²) in [6, 6.07) is 1.63. The highest BCUT2D eigenvalue weighted by Gasteiger charge is 2.36. The van der Waals surface area contributed by atoms with E-state index in [1.807, 2.05) is 4.90 Å². The van der Waals surface area contributed by atoms with Gasteiger partial charge >= 0.3 is 12.0 Å². The zero-order chi connectivity index (χ0) is 14.1. The van der Waals surface area contributed by atoms with Gasteiger partial charge in [0.25, 0.3) is 0 Å². The van der Waals surface area contributed by atoms with Gasteiger partial charge in [-0.3, -0.25) is 4.98 Å². The van der Waals surface area contributed by atoms with Crippen molar-refractivity contribution in [3.05, 3.63) is 24.0 Å². The molecule has 0 saturated heterocycles. The molecule has 0 spiro atoms. The summed E-state index contributed by atoms with van der Waals surface area (Å²) in [5, 5.41) is 11.7. The maximum atomic E-state index is 12.3. The largest absolute Gasteiger partial charge is 0.478 e. The number of aromatic nitrogens is 1. The summed E-state index contributed by atoms with van der Waals surface area (Å²) >= 11 is 0. The molecule has 0 aliphatic heterocycles. The number of carbonyl (C=O) groups excluding carboxylic acids is 1. The second kappa shape index (κ2) is 5.11. The Kier molecular flexibility index (Phi) is 3.30. The Hall–Kier alpha value is -2.11. The third-order valence-corrected chi connectivity index (χ3v) is 3.64. The SMILES string of the molecule is O=C(O)c1cncc(NC(=O)N(CC2CC2)C2CC2)c1. The normalized spacial score (nSPS) is 17.6. The second-order valence-electron chi connectivity index (χ2n) is 5.52. The van der Waals surface area contributed by atoms with Crippen molar-refractivity contribution in [1.82, 2.24) is 9.88 Å². The van der Waals surface area contributed by atoms with Crippen molar-refractivity contribution >= 4 is 17.7 Å². The first-order valence-corrected chi connectivity index (χ1v) is 6.89. The van der Waals surface area contributed by atoms with Gasteiger partial charge in [-0.1, -0.05) is 0 Å². The van der Waals surface area contributed by atoms with Crippen LogP contribution in [0.2, 0.25) is 0 Å². The Bertz CT molecular complexity index is 538. The molecular weight excluding hydrogens is 258 g/mol. The summed E-state index contributed by atoms with van der Waals surface area (Å²) in [4.78, 5) is 28.9. The van der Waals surface area contributed by atoms with Crippen molar-refractivity contribution in [2.24, 2.45) is 5.92 Å². The fraction of sp³-hybridized carbons (Fsp3) is 0.500. The molecule has 1 heterocycles. The Morgan fingerprint density at radius 2 is 2.05 bits per heavy atom. The molecule has 2 aliphatic rings. The number of hydrogen-bond acceptors (Lipinski definition) is 3. The number of nitrogens with zero attached hydrogens (tertiary/aromatic N) is 2. The van der Waals surface area contributed by atoms with E-state index < -0.39 is 5.97 Å². The number of urea groups is 1. The average molecular weight is 275 g/mol. The second-order valence-corrected chi connectivity index (χ2v) is 5.52. The van der Waals surface area contributed by atoms with Gasteiger partial charge in [0.2, 0.25) is 0 Å². The van der Waals surface area contributed by atoms with Crippen LogP contribution < -0.4 is 5.32 Å². The summed E-state index contributed by atoms with van der Waals surface area (Å²) in [6.45, 7) is 0.808. The van der Waals surface area contributed by atoms with E-state index in [1.165, 1.54) is 31.3 Å². The van der Waals surface area contributed by atoms with Crippen LogP contribution in [0.4, 0.5) is 10.5 Å². The van der Waals surface area contributed by atoms with E-state index in [1.54, 1.807) is 0 Å². The molecule has 0 atom stereocenters. The van der Waals surface area contributed by atoms with Crippen molar-refractivity contribution in [2.45, 2.75) is 31.7 Å². The number of hydrogen-bond donors (Lipinski definition) is 2. The molecule has 1 aromatic heterocycles. The molecule has 0 radical (unpaired) electrons. The van der Waals surface area contributed by atoms with E-state index in [-0.39, 0.29) is 11.6 Å². The fourth-order valence-electron chi connectivity index (χ4n) is 2.18. The molecule has 2 saturated carbocycles. The van der Waals surface area contributed by atoms with Crippen molar-refractivity contribution in [2.75, 3.05) is 11.9 Å². The zero-order valence-corrected chi connectivity index (χ0v) is 11.1. The topological polar surface area (TPSA) is 82.5 Å². The molecule has 6 heteroatoms. The molecule has 6 nitrogen and oxygen atoms in total. The highest BCUT2D eigenvalue weighted by atomic mass is 16.4. The number of pyridine rings is 1. The van der Waals surface area contributed by atoms with Crippen LogP contribution in [0.1, 0.15) is 36.0 Å². The van der Waals surface area contributed by atoms with Crippen LogP contribution in [-0.4, -0.2) is 39.6 Å². The molecule has 2 N–H and O–H groups in total. The van der Waals surface area contributed by atoms with Crippen LogP contribution in [-0.2, 0) is 0 Å². The van der Waals surface area contributed by atoms with E-state index >= 15 is 0 Å². The molecule has 0 aromatic carbocycles. The van der Waals surface area contributed by atoms with Crippen LogP contribution in [0, 0.1) is 5.92 Å². The number of carbonyl (C=O) groups is 2. The van der Waals surface area contributed by atoms with Crippen LogP contribution in [0.25, 0.3) is 0 Å². The van der Waals surface area contributed by atoms with Gasteiger partial charge < -0.3 is 15.3 Å². The Morgan fingerprint density at radius 1 is 1.30 bits per heavy atom. The standard InChI is InChI=1S/C14H17N3O3/c18-13(19)10-5-11(7-15-6-10)16-14(20)17(12-3-4-12)8-9-1-2-9/h5-7,9,12H,1-4,8H2,(H,16,20)(H,18,19). The average Bonchev–Trinajstić information content (AvgIpc) is 3.28. The molecule has 3 rings (SSSR count). The Labute approximate surface area is 116 Å². The minimum absolute atomic E-state index is 0.0722. The van der Waals surface area contributed by atoms with Crippen LogP contribution in [0.15, 0.2) is 18.5 Å². The molecule has 2 amide bonds. The molecule has 106 valence electrons. The fourth-order valence-corrected chi connectivity index (χ4v) is 2.18.